The van der Waals surface area contributed by atoms with Crippen LogP contribution in [0.15, 0.2) is 71.8 Å². The highest BCUT2D eigenvalue weighted by molar-refractivity contribution is 7.21. The topological polar surface area (TPSA) is 86.2 Å². The maximum absolute atomic E-state index is 12.7. The Labute approximate surface area is 197 Å². The first-order valence-corrected chi connectivity index (χ1v) is 11.0. The molecule has 0 radical (unpaired) electrons. The zero-order valence-corrected chi connectivity index (χ0v) is 18.5. The third-order valence-electron chi connectivity index (χ3n) is 4.80. The summed E-state index contributed by atoms with van der Waals surface area (Å²) in [6, 6.07) is 19.2. The van der Waals surface area contributed by atoms with E-state index in [1.54, 1.807) is 42.5 Å². The molecule has 1 aliphatic heterocycles. The Morgan fingerprint density at radius 2 is 1.88 bits per heavy atom. The van der Waals surface area contributed by atoms with E-state index in [2.05, 4.69) is 10.5 Å². The van der Waals surface area contributed by atoms with Crippen LogP contribution < -0.4 is 19.6 Å². The molecule has 4 aromatic rings. The van der Waals surface area contributed by atoms with E-state index in [0.717, 1.165) is 10.1 Å². The number of nitrogens with one attached hydrogen (secondary N) is 1. The number of halogens is 1. The zero-order chi connectivity index (χ0) is 22.8. The van der Waals surface area contributed by atoms with E-state index in [0.29, 0.717) is 38.3 Å². The van der Waals surface area contributed by atoms with Gasteiger partial charge in [-0.2, -0.15) is 5.10 Å². The molecule has 1 N–H and O–H groups in total. The maximum atomic E-state index is 12.7. The van der Waals surface area contributed by atoms with Gasteiger partial charge in [-0.15, -0.1) is 11.3 Å². The van der Waals surface area contributed by atoms with Crippen molar-refractivity contribution in [3.63, 3.8) is 0 Å². The molecule has 0 saturated heterocycles. The lowest BCUT2D eigenvalue weighted by Gasteiger charge is -2.04. The van der Waals surface area contributed by atoms with Gasteiger partial charge in [-0.05, 0) is 42.0 Å². The molecule has 1 amide bonds. The van der Waals surface area contributed by atoms with Crippen molar-refractivity contribution in [1.82, 2.24) is 5.43 Å². The summed E-state index contributed by atoms with van der Waals surface area (Å²) in [5, 5.41) is 5.17. The van der Waals surface area contributed by atoms with Crippen LogP contribution in [0.1, 0.15) is 25.6 Å². The predicted molar refractivity (Wildman–Crippen MR) is 126 cm³/mol. The van der Waals surface area contributed by atoms with Gasteiger partial charge in [0.05, 0.1) is 11.2 Å². The quantitative estimate of drug-likeness (QED) is 0.183. The van der Waals surface area contributed by atoms with Gasteiger partial charge in [0.15, 0.2) is 11.5 Å². The lowest BCUT2D eigenvalue weighted by molar-refractivity contribution is 0.0739. The van der Waals surface area contributed by atoms with Gasteiger partial charge in [-0.25, -0.2) is 10.2 Å². The molecule has 7 nitrogen and oxygen atoms in total. The normalized spacial score (nSPS) is 12.3. The average molecular weight is 479 g/mol. The van der Waals surface area contributed by atoms with Gasteiger partial charge in [0.2, 0.25) is 6.79 Å². The predicted octanol–water partition coefficient (Wildman–Crippen LogP) is 5.27. The second-order valence-corrected chi connectivity index (χ2v) is 8.40. The second-order valence-electron chi connectivity index (χ2n) is 6.97. The molecular formula is C24H15ClN2O5S. The van der Waals surface area contributed by atoms with Crippen LogP contribution in [0.3, 0.4) is 0 Å². The van der Waals surface area contributed by atoms with E-state index in [-0.39, 0.29) is 6.79 Å². The second kappa shape index (κ2) is 8.93. The van der Waals surface area contributed by atoms with Crippen LogP contribution in [0.2, 0.25) is 5.02 Å². The van der Waals surface area contributed by atoms with Gasteiger partial charge in [0, 0.05) is 15.6 Å². The van der Waals surface area contributed by atoms with Crippen molar-refractivity contribution in [3.05, 3.63) is 87.8 Å². The van der Waals surface area contributed by atoms with Crippen molar-refractivity contribution in [2.75, 3.05) is 6.79 Å². The molecule has 2 heterocycles. The van der Waals surface area contributed by atoms with E-state index < -0.39 is 11.9 Å². The SMILES string of the molecule is O=C(N/N=C\c1cccc(OC(=O)c2sc3ccccc3c2Cl)c1)c1ccc2c(c1)OCO2. The Hall–Kier alpha value is -3.88. The van der Waals surface area contributed by atoms with Crippen molar-refractivity contribution in [1.29, 1.82) is 0 Å². The zero-order valence-electron chi connectivity index (χ0n) is 16.9. The molecule has 0 spiro atoms. The molecule has 0 saturated carbocycles. The number of hydrazone groups is 1. The summed E-state index contributed by atoms with van der Waals surface area (Å²) >= 11 is 7.64. The van der Waals surface area contributed by atoms with Crippen LogP contribution in [0.5, 0.6) is 17.2 Å². The highest BCUT2D eigenvalue weighted by Gasteiger charge is 2.19. The van der Waals surface area contributed by atoms with Crippen LogP contribution in [-0.2, 0) is 0 Å². The third kappa shape index (κ3) is 4.39. The minimum atomic E-state index is -0.536. The van der Waals surface area contributed by atoms with Crippen LogP contribution in [-0.4, -0.2) is 24.9 Å². The Morgan fingerprint density at radius 1 is 1.03 bits per heavy atom. The van der Waals surface area contributed by atoms with Crippen molar-refractivity contribution < 1.29 is 23.8 Å². The molecule has 3 aromatic carbocycles. The minimum absolute atomic E-state index is 0.134. The number of nitrogens with zero attached hydrogens (tertiary/aromatic N) is 1. The van der Waals surface area contributed by atoms with Gasteiger partial charge in [-0.1, -0.05) is 41.9 Å². The Kier molecular flexibility index (Phi) is 5.68. The number of rotatable bonds is 5. The summed E-state index contributed by atoms with van der Waals surface area (Å²) < 4.78 is 16.9. The van der Waals surface area contributed by atoms with E-state index in [4.69, 9.17) is 25.8 Å². The number of benzene rings is 3. The van der Waals surface area contributed by atoms with Gasteiger partial charge in [0.1, 0.15) is 10.6 Å². The van der Waals surface area contributed by atoms with Crippen LogP contribution in [0.25, 0.3) is 10.1 Å². The van der Waals surface area contributed by atoms with Crippen molar-refractivity contribution in [2.45, 2.75) is 0 Å². The van der Waals surface area contributed by atoms with E-state index >= 15 is 0 Å². The number of ether oxygens (including phenoxy) is 3. The summed E-state index contributed by atoms with van der Waals surface area (Å²) in [4.78, 5) is 25.3. The molecule has 33 heavy (non-hydrogen) atoms. The number of amides is 1. The highest BCUT2D eigenvalue weighted by atomic mass is 35.5. The van der Waals surface area contributed by atoms with Crippen LogP contribution in [0, 0.1) is 0 Å². The fourth-order valence-corrected chi connectivity index (χ4v) is 4.61. The fraction of sp³-hybridized carbons (Fsp3) is 0.0417. The van der Waals surface area contributed by atoms with E-state index in [1.807, 2.05) is 24.3 Å². The Balaban J connectivity index is 1.25. The molecular weight excluding hydrogens is 464 g/mol. The number of carbonyl (C=O) groups is 2. The molecule has 0 fully saturated rings. The smallest absolute Gasteiger partial charge is 0.355 e. The fourth-order valence-electron chi connectivity index (χ4n) is 3.22. The third-order valence-corrected chi connectivity index (χ3v) is 6.46. The summed E-state index contributed by atoms with van der Waals surface area (Å²) in [6.07, 6.45) is 1.45. The van der Waals surface area contributed by atoms with Crippen molar-refractivity contribution in [3.8, 4) is 17.2 Å². The lowest BCUT2D eigenvalue weighted by atomic mass is 10.2. The summed E-state index contributed by atoms with van der Waals surface area (Å²) in [6.45, 7) is 0.134. The number of fused-ring (bicyclic) bond motifs is 2. The number of thiophene rings is 1. The first-order valence-electron chi connectivity index (χ1n) is 9.81. The molecule has 1 aliphatic rings. The molecule has 9 heteroatoms. The van der Waals surface area contributed by atoms with Crippen LogP contribution >= 0.6 is 22.9 Å². The largest absolute Gasteiger partial charge is 0.454 e. The lowest BCUT2D eigenvalue weighted by Crippen LogP contribution is -2.17. The standard InChI is InChI=1S/C24H15ClN2O5S/c25-21-17-6-1-2-7-20(17)33-22(21)24(29)32-16-5-3-4-14(10-16)12-26-27-23(28)15-8-9-18-19(11-15)31-13-30-18/h1-12H,13H2,(H,27,28)/b26-12-. The number of esters is 1. The Bertz CT molecular complexity index is 1420. The van der Waals surface area contributed by atoms with E-state index in [9.17, 15) is 9.59 Å². The molecule has 0 aliphatic carbocycles. The average Bonchev–Trinajstić information content (AvgIpc) is 3.43. The van der Waals surface area contributed by atoms with Crippen molar-refractivity contribution in [2.24, 2.45) is 5.10 Å². The summed E-state index contributed by atoms with van der Waals surface area (Å²) in [5.41, 5.74) is 3.48. The highest BCUT2D eigenvalue weighted by Crippen LogP contribution is 2.36. The number of carbonyl (C=O) groups excluding carboxylic acids is 2. The monoisotopic (exact) mass is 478 g/mol. The van der Waals surface area contributed by atoms with Gasteiger partial charge in [0.25, 0.3) is 5.91 Å². The van der Waals surface area contributed by atoms with Crippen molar-refractivity contribution >= 4 is 51.1 Å². The maximum Gasteiger partial charge on any atom is 0.355 e. The molecule has 0 unspecified atom stereocenters. The van der Waals surface area contributed by atoms with Gasteiger partial charge < -0.3 is 14.2 Å². The molecule has 5 rings (SSSR count). The van der Waals surface area contributed by atoms with E-state index in [1.165, 1.54) is 17.6 Å². The van der Waals surface area contributed by atoms with Gasteiger partial charge in [-0.3, -0.25) is 4.79 Å². The Morgan fingerprint density at radius 3 is 2.76 bits per heavy atom. The number of hydrogen-bond acceptors (Lipinski definition) is 7. The summed E-state index contributed by atoms with van der Waals surface area (Å²) in [5.74, 6) is 0.510. The summed E-state index contributed by atoms with van der Waals surface area (Å²) in [7, 11) is 0. The molecule has 0 atom stereocenters. The molecule has 164 valence electrons. The minimum Gasteiger partial charge on any atom is -0.454 e. The van der Waals surface area contributed by atoms with Gasteiger partial charge >= 0.3 is 5.97 Å². The number of hydrogen-bond donors (Lipinski definition) is 1. The first kappa shape index (κ1) is 21.0. The van der Waals surface area contributed by atoms with Crippen LogP contribution in [0.4, 0.5) is 0 Å². The molecule has 1 aromatic heterocycles. The molecule has 0 bridgehead atoms. The first-order chi connectivity index (χ1) is 16.1.